The third-order valence-electron chi connectivity index (χ3n) is 6.10. The first-order valence-corrected chi connectivity index (χ1v) is 12.7. The molecule has 182 valence electrons. The first-order valence-electron chi connectivity index (χ1n) is 11.1. The van der Waals surface area contributed by atoms with Crippen molar-refractivity contribution in [3.63, 3.8) is 0 Å². The van der Waals surface area contributed by atoms with Crippen LogP contribution < -0.4 is 15.4 Å². The molecule has 0 aromatic heterocycles. The summed E-state index contributed by atoms with van der Waals surface area (Å²) in [4.78, 5) is 25.7. The molecule has 1 saturated heterocycles. The van der Waals surface area contributed by atoms with Crippen molar-refractivity contribution in [1.82, 2.24) is 5.32 Å². The van der Waals surface area contributed by atoms with E-state index in [1.165, 1.54) is 11.1 Å². The number of piperazine rings is 1. The number of carbonyl (C=O) groups is 1. The van der Waals surface area contributed by atoms with E-state index in [2.05, 4.69) is 41.4 Å². The second-order valence-corrected chi connectivity index (χ2v) is 10.2. The Hall–Kier alpha value is -3.60. The average molecular weight is 495 g/mol. The minimum absolute atomic E-state index is 0.199. The number of ketones is 1. The molecule has 4 rings (SSSR count). The summed E-state index contributed by atoms with van der Waals surface area (Å²) in [7, 11) is -4.14. The fourth-order valence-electron chi connectivity index (χ4n) is 4.39. The summed E-state index contributed by atoms with van der Waals surface area (Å²) in [5.74, 6) is -0.569. The molecule has 1 atom stereocenters. The molecule has 3 aromatic rings. The highest BCUT2D eigenvalue weighted by Gasteiger charge is 2.26. The summed E-state index contributed by atoms with van der Waals surface area (Å²) in [6.45, 7) is 4.55. The monoisotopic (exact) mass is 494 g/mol. The van der Waals surface area contributed by atoms with Gasteiger partial charge in [0.25, 0.3) is 5.69 Å². The molecule has 1 fully saturated rings. The van der Waals surface area contributed by atoms with Crippen molar-refractivity contribution in [2.24, 2.45) is 5.14 Å². The summed E-state index contributed by atoms with van der Waals surface area (Å²) in [5.41, 5.74) is 2.89. The lowest BCUT2D eigenvalue weighted by Crippen LogP contribution is -2.52. The van der Waals surface area contributed by atoms with Gasteiger partial charge in [0.05, 0.1) is 9.82 Å². The van der Waals surface area contributed by atoms with Gasteiger partial charge in [-0.2, -0.15) is 0 Å². The van der Waals surface area contributed by atoms with Crippen LogP contribution in [0.3, 0.4) is 0 Å². The van der Waals surface area contributed by atoms with Crippen molar-refractivity contribution in [3.05, 3.63) is 99.1 Å². The molecule has 0 amide bonds. The number of nitro benzene ring substituents is 1. The lowest BCUT2D eigenvalue weighted by Gasteiger charge is -2.38. The van der Waals surface area contributed by atoms with E-state index in [-0.39, 0.29) is 17.2 Å². The van der Waals surface area contributed by atoms with Crippen LogP contribution in [0.25, 0.3) is 0 Å². The Morgan fingerprint density at radius 2 is 1.89 bits per heavy atom. The zero-order valence-electron chi connectivity index (χ0n) is 19.2. The van der Waals surface area contributed by atoms with E-state index in [0.29, 0.717) is 0 Å². The van der Waals surface area contributed by atoms with E-state index in [4.69, 9.17) is 5.14 Å². The molecule has 3 N–H and O–H groups in total. The molecule has 1 heterocycles. The van der Waals surface area contributed by atoms with Gasteiger partial charge in [0.15, 0.2) is 5.78 Å². The number of nitrogens with zero attached hydrogens (tertiary/aromatic N) is 2. The van der Waals surface area contributed by atoms with Crippen LogP contribution in [0.15, 0.2) is 71.6 Å². The van der Waals surface area contributed by atoms with Crippen molar-refractivity contribution >= 4 is 27.2 Å². The number of carbonyl (C=O) groups excluding carboxylic acids is 1. The second-order valence-electron chi connectivity index (χ2n) is 8.60. The summed E-state index contributed by atoms with van der Waals surface area (Å²) >= 11 is 0. The lowest BCUT2D eigenvalue weighted by atomic mass is 9.99. The van der Waals surface area contributed by atoms with Crippen LogP contribution in [-0.4, -0.2) is 44.8 Å². The Labute approximate surface area is 203 Å². The molecule has 35 heavy (non-hydrogen) atoms. The maximum absolute atomic E-state index is 13.0. The van der Waals surface area contributed by atoms with E-state index in [0.717, 1.165) is 49.9 Å². The maximum atomic E-state index is 13.0. The number of nitro groups is 1. The topological polar surface area (TPSA) is 136 Å². The predicted molar refractivity (Wildman–Crippen MR) is 133 cm³/mol. The molecular formula is C25H26N4O5S. The van der Waals surface area contributed by atoms with Gasteiger partial charge in [0, 0.05) is 43.0 Å². The molecule has 1 aliphatic rings. The van der Waals surface area contributed by atoms with Gasteiger partial charge in [-0.3, -0.25) is 14.9 Å². The van der Waals surface area contributed by atoms with Crippen molar-refractivity contribution in [3.8, 4) is 0 Å². The largest absolute Gasteiger partial charge is 0.366 e. The van der Waals surface area contributed by atoms with Crippen molar-refractivity contribution in [1.29, 1.82) is 0 Å². The van der Waals surface area contributed by atoms with Crippen LogP contribution in [0.5, 0.6) is 0 Å². The van der Waals surface area contributed by atoms with Gasteiger partial charge in [0.1, 0.15) is 5.56 Å². The Balaban J connectivity index is 1.58. The van der Waals surface area contributed by atoms with Crippen LogP contribution in [0.1, 0.15) is 27.0 Å². The first kappa shape index (κ1) is 24.5. The zero-order valence-corrected chi connectivity index (χ0v) is 20.0. The fourth-order valence-corrected chi connectivity index (χ4v) is 4.92. The van der Waals surface area contributed by atoms with Crippen molar-refractivity contribution in [2.45, 2.75) is 24.3 Å². The Kier molecular flexibility index (Phi) is 6.97. The van der Waals surface area contributed by atoms with Gasteiger partial charge in [-0.25, -0.2) is 13.6 Å². The van der Waals surface area contributed by atoms with E-state index in [9.17, 15) is 23.3 Å². The normalized spacial score (nSPS) is 16.2. The standard InChI is InChI=1S/C25H26N4O5S/c1-17-3-2-4-18(13-17)14-21-16-27-11-12-28(21)20-7-5-19(6-8-20)25(30)23-10-9-22(35(26,33)34)15-24(23)29(31)32/h2-10,13,15,21,27H,11-12,14,16H2,1H3,(H2,26,33,34). The molecular weight excluding hydrogens is 468 g/mol. The lowest BCUT2D eigenvalue weighted by molar-refractivity contribution is -0.385. The summed E-state index contributed by atoms with van der Waals surface area (Å²) < 4.78 is 23.1. The molecule has 9 nitrogen and oxygen atoms in total. The summed E-state index contributed by atoms with van der Waals surface area (Å²) in [6.07, 6.45) is 0.873. The van der Waals surface area contributed by atoms with Crippen LogP contribution >= 0.6 is 0 Å². The second kappa shape index (κ2) is 9.95. The van der Waals surface area contributed by atoms with Crippen molar-refractivity contribution in [2.75, 3.05) is 24.5 Å². The summed E-state index contributed by atoms with van der Waals surface area (Å²) in [6, 6.07) is 18.7. The van der Waals surface area contributed by atoms with E-state index in [1.54, 1.807) is 12.1 Å². The highest BCUT2D eigenvalue weighted by Crippen LogP contribution is 2.27. The highest BCUT2D eigenvalue weighted by atomic mass is 32.2. The van der Waals surface area contributed by atoms with Gasteiger partial charge >= 0.3 is 0 Å². The number of hydrogen-bond acceptors (Lipinski definition) is 7. The smallest absolute Gasteiger partial charge is 0.281 e. The van der Waals surface area contributed by atoms with Gasteiger partial charge in [-0.15, -0.1) is 0 Å². The highest BCUT2D eigenvalue weighted by molar-refractivity contribution is 7.89. The van der Waals surface area contributed by atoms with Crippen LogP contribution in [-0.2, 0) is 16.4 Å². The molecule has 0 spiro atoms. The fraction of sp³-hybridized carbons (Fsp3) is 0.240. The van der Waals surface area contributed by atoms with Crippen LogP contribution in [0, 0.1) is 17.0 Å². The van der Waals surface area contributed by atoms with Crippen LogP contribution in [0.2, 0.25) is 0 Å². The van der Waals surface area contributed by atoms with Gasteiger partial charge in [0.2, 0.25) is 10.0 Å². The Morgan fingerprint density at radius 1 is 1.14 bits per heavy atom. The number of rotatable bonds is 7. The van der Waals surface area contributed by atoms with E-state index < -0.39 is 31.3 Å². The minimum Gasteiger partial charge on any atom is -0.366 e. The number of benzene rings is 3. The quantitative estimate of drug-likeness (QED) is 0.293. The maximum Gasteiger partial charge on any atom is 0.281 e. The average Bonchev–Trinajstić information content (AvgIpc) is 2.83. The molecule has 1 aliphatic heterocycles. The third-order valence-corrected chi connectivity index (χ3v) is 7.02. The predicted octanol–water partition coefficient (Wildman–Crippen LogP) is 2.80. The zero-order chi connectivity index (χ0) is 25.2. The number of hydrogen-bond donors (Lipinski definition) is 2. The van der Waals surface area contributed by atoms with E-state index in [1.807, 2.05) is 12.1 Å². The van der Waals surface area contributed by atoms with Crippen LogP contribution in [0.4, 0.5) is 11.4 Å². The number of anilines is 1. The number of nitrogens with one attached hydrogen (secondary N) is 1. The Morgan fingerprint density at radius 3 is 2.54 bits per heavy atom. The number of primary sulfonamides is 1. The molecule has 10 heteroatoms. The third kappa shape index (κ3) is 5.56. The summed E-state index contributed by atoms with van der Waals surface area (Å²) in [5, 5.41) is 20.0. The van der Waals surface area contributed by atoms with Gasteiger partial charge < -0.3 is 10.2 Å². The molecule has 3 aromatic carbocycles. The molecule has 1 unspecified atom stereocenters. The number of nitrogens with two attached hydrogens (primary N) is 1. The molecule has 0 aliphatic carbocycles. The SMILES string of the molecule is Cc1cccc(CC2CNCCN2c2ccc(C(=O)c3ccc(S(N)(=O)=O)cc3[N+](=O)[O-])cc2)c1. The first-order chi connectivity index (χ1) is 16.6. The molecule has 0 saturated carbocycles. The van der Waals surface area contributed by atoms with Gasteiger partial charge in [-0.05, 0) is 55.3 Å². The Bertz CT molecular complexity index is 1370. The van der Waals surface area contributed by atoms with Crippen molar-refractivity contribution < 1.29 is 18.1 Å². The number of aryl methyl sites for hydroxylation is 1. The molecule has 0 bridgehead atoms. The van der Waals surface area contributed by atoms with Gasteiger partial charge in [-0.1, -0.05) is 29.8 Å². The minimum atomic E-state index is -4.14. The van der Waals surface area contributed by atoms with E-state index >= 15 is 0 Å². The number of sulfonamides is 1. The molecule has 0 radical (unpaired) electrons.